The maximum atomic E-state index is 12.8. The number of carbonyl (C=O) groups is 2. The van der Waals surface area contributed by atoms with Crippen LogP contribution in [0.3, 0.4) is 0 Å². The van der Waals surface area contributed by atoms with Crippen molar-refractivity contribution in [2.75, 3.05) is 11.9 Å². The molecule has 2 aromatic rings. The lowest BCUT2D eigenvalue weighted by molar-refractivity contribution is -0.153. The third kappa shape index (κ3) is 6.29. The molecule has 0 aliphatic carbocycles. The summed E-state index contributed by atoms with van der Waals surface area (Å²) < 4.78 is 5.28. The zero-order valence-electron chi connectivity index (χ0n) is 16.2. The minimum Gasteiger partial charge on any atom is -0.459 e. The first-order valence-corrected chi connectivity index (χ1v) is 8.82. The van der Waals surface area contributed by atoms with Crippen molar-refractivity contribution in [3.05, 3.63) is 77.6 Å². The second-order valence-electron chi connectivity index (χ2n) is 6.99. The van der Waals surface area contributed by atoms with Crippen LogP contribution in [0, 0.1) is 11.3 Å². The Labute approximate surface area is 164 Å². The summed E-state index contributed by atoms with van der Waals surface area (Å²) in [5.74, 6) is -0.795. The molecule has 0 aliphatic rings. The summed E-state index contributed by atoms with van der Waals surface area (Å²) in [4.78, 5) is 24.9. The highest BCUT2D eigenvalue weighted by molar-refractivity contribution is 6.12. The molecule has 2 aromatic carbocycles. The summed E-state index contributed by atoms with van der Waals surface area (Å²) in [6.45, 7) is 5.11. The molecule has 28 heavy (non-hydrogen) atoms. The molecular formula is C22H23N3O3. The van der Waals surface area contributed by atoms with E-state index in [9.17, 15) is 14.9 Å². The summed E-state index contributed by atoms with van der Waals surface area (Å²) >= 11 is 0. The lowest BCUT2D eigenvalue weighted by Crippen LogP contribution is -2.34. The molecule has 0 saturated heterocycles. The molecule has 2 N–H and O–H groups in total. The van der Waals surface area contributed by atoms with E-state index in [0.717, 1.165) is 0 Å². The minimum atomic E-state index is -0.632. The predicted octanol–water partition coefficient (Wildman–Crippen LogP) is 3.65. The Morgan fingerprint density at radius 2 is 1.57 bits per heavy atom. The van der Waals surface area contributed by atoms with Gasteiger partial charge in [0.25, 0.3) is 0 Å². The molecule has 0 fully saturated rings. The number of Topliss-reactive ketones (excluding diaryl/α,β-unsaturated/α-hetero) is 1. The Morgan fingerprint density at radius 1 is 1.00 bits per heavy atom. The quantitative estimate of drug-likeness (QED) is 0.331. The Hall–Kier alpha value is -3.59. The molecule has 6 nitrogen and oxygen atoms in total. The van der Waals surface area contributed by atoms with Crippen LogP contribution in [0.1, 0.15) is 31.1 Å². The minimum absolute atomic E-state index is 0.126. The molecule has 0 unspecified atom stereocenters. The van der Waals surface area contributed by atoms with Gasteiger partial charge in [-0.15, -0.1) is 0 Å². The summed E-state index contributed by atoms with van der Waals surface area (Å²) in [7, 11) is 0. The first-order chi connectivity index (χ1) is 13.3. The molecule has 0 spiro atoms. The average Bonchev–Trinajstić information content (AvgIpc) is 2.66. The number of ketones is 1. The number of para-hydroxylation sites is 1. The summed E-state index contributed by atoms with van der Waals surface area (Å²) in [5.41, 5.74) is 0.292. The standard InChI is InChI=1S/C22H23N3O3/c1-22(2,3)28-19(26)15-24-21(25-17-12-8-5-9-13-17)18(14-23)20(27)16-10-6-4-7-11-16/h4-13,24-25H,15H2,1-3H3. The van der Waals surface area contributed by atoms with Gasteiger partial charge in [-0.05, 0) is 32.9 Å². The molecule has 0 amide bonds. The van der Waals surface area contributed by atoms with Crippen molar-refractivity contribution < 1.29 is 14.3 Å². The fourth-order valence-electron chi connectivity index (χ4n) is 2.35. The molecule has 6 heteroatoms. The van der Waals surface area contributed by atoms with Crippen LogP contribution >= 0.6 is 0 Å². The van der Waals surface area contributed by atoms with Gasteiger partial charge in [0.15, 0.2) is 0 Å². The van der Waals surface area contributed by atoms with Gasteiger partial charge in [0.2, 0.25) is 5.78 Å². The number of hydrogen-bond acceptors (Lipinski definition) is 6. The lowest BCUT2D eigenvalue weighted by Gasteiger charge is -2.21. The number of benzene rings is 2. The van der Waals surface area contributed by atoms with Gasteiger partial charge in [0, 0.05) is 11.3 Å². The van der Waals surface area contributed by atoms with Crippen molar-refractivity contribution in [1.29, 1.82) is 5.26 Å². The van der Waals surface area contributed by atoms with E-state index in [-0.39, 0.29) is 17.9 Å². The molecule has 0 heterocycles. The molecule has 0 aliphatic heterocycles. The van der Waals surface area contributed by atoms with E-state index in [1.807, 2.05) is 24.3 Å². The molecule has 2 rings (SSSR count). The summed E-state index contributed by atoms with van der Waals surface area (Å²) in [6, 6.07) is 19.5. The maximum Gasteiger partial charge on any atom is 0.325 e. The normalized spacial score (nSPS) is 11.6. The molecular weight excluding hydrogens is 354 g/mol. The summed E-state index contributed by atoms with van der Waals surface area (Å²) in [6.07, 6.45) is 0. The Kier molecular flexibility index (Phi) is 6.94. The van der Waals surface area contributed by atoms with Gasteiger partial charge in [-0.3, -0.25) is 9.59 Å². The van der Waals surface area contributed by atoms with Crippen LogP contribution < -0.4 is 10.6 Å². The van der Waals surface area contributed by atoms with Crippen molar-refractivity contribution in [2.45, 2.75) is 26.4 Å². The first-order valence-electron chi connectivity index (χ1n) is 8.82. The Balaban J connectivity index is 2.32. The Morgan fingerprint density at radius 3 is 2.11 bits per heavy atom. The lowest BCUT2D eigenvalue weighted by atomic mass is 10.0. The van der Waals surface area contributed by atoms with E-state index in [4.69, 9.17) is 4.74 Å². The van der Waals surface area contributed by atoms with E-state index >= 15 is 0 Å². The smallest absolute Gasteiger partial charge is 0.325 e. The average molecular weight is 377 g/mol. The van der Waals surface area contributed by atoms with Crippen LogP contribution in [-0.2, 0) is 9.53 Å². The van der Waals surface area contributed by atoms with Crippen molar-refractivity contribution >= 4 is 17.4 Å². The molecule has 0 radical (unpaired) electrons. The largest absolute Gasteiger partial charge is 0.459 e. The van der Waals surface area contributed by atoms with E-state index in [1.54, 1.807) is 63.2 Å². The number of esters is 1. The highest BCUT2D eigenvalue weighted by Crippen LogP contribution is 2.15. The number of nitrogens with one attached hydrogen (secondary N) is 2. The number of allylic oxidation sites excluding steroid dienone is 1. The van der Waals surface area contributed by atoms with Crippen LogP contribution in [-0.4, -0.2) is 23.9 Å². The summed E-state index contributed by atoms with van der Waals surface area (Å²) in [5, 5.41) is 15.5. The third-order valence-corrected chi connectivity index (χ3v) is 3.50. The SMILES string of the molecule is CC(C)(C)OC(=O)CNC(Nc1ccccc1)=C(C#N)C(=O)c1ccccc1. The van der Waals surface area contributed by atoms with E-state index in [1.165, 1.54) is 0 Å². The maximum absolute atomic E-state index is 12.8. The second kappa shape index (κ2) is 9.38. The van der Waals surface area contributed by atoms with E-state index in [2.05, 4.69) is 10.6 Å². The van der Waals surface area contributed by atoms with Crippen molar-refractivity contribution in [3.8, 4) is 6.07 Å². The number of nitrogens with zero attached hydrogens (tertiary/aromatic N) is 1. The number of carbonyl (C=O) groups excluding carboxylic acids is 2. The molecule has 0 bridgehead atoms. The highest BCUT2D eigenvalue weighted by atomic mass is 16.6. The molecule has 0 aromatic heterocycles. The fourth-order valence-corrected chi connectivity index (χ4v) is 2.35. The predicted molar refractivity (Wildman–Crippen MR) is 107 cm³/mol. The highest BCUT2D eigenvalue weighted by Gasteiger charge is 2.20. The number of hydrogen-bond donors (Lipinski definition) is 2. The zero-order chi connectivity index (χ0) is 20.6. The van der Waals surface area contributed by atoms with Gasteiger partial charge in [-0.2, -0.15) is 5.26 Å². The molecule has 0 saturated carbocycles. The van der Waals surface area contributed by atoms with Crippen LogP contribution in [0.25, 0.3) is 0 Å². The van der Waals surface area contributed by atoms with Crippen molar-refractivity contribution in [2.24, 2.45) is 0 Å². The number of ether oxygens (including phenoxy) is 1. The first kappa shape index (κ1) is 20.7. The monoisotopic (exact) mass is 377 g/mol. The van der Waals surface area contributed by atoms with Crippen molar-refractivity contribution in [3.63, 3.8) is 0 Å². The van der Waals surface area contributed by atoms with E-state index in [0.29, 0.717) is 11.3 Å². The number of rotatable bonds is 7. The molecule has 144 valence electrons. The van der Waals surface area contributed by atoms with Crippen LogP contribution in [0.4, 0.5) is 5.69 Å². The van der Waals surface area contributed by atoms with Gasteiger partial charge in [-0.1, -0.05) is 48.5 Å². The fraction of sp³-hybridized carbons (Fsp3) is 0.227. The number of nitriles is 1. The van der Waals surface area contributed by atoms with Gasteiger partial charge in [0.1, 0.15) is 29.6 Å². The topological polar surface area (TPSA) is 91.2 Å². The van der Waals surface area contributed by atoms with E-state index < -0.39 is 17.4 Å². The van der Waals surface area contributed by atoms with Crippen LogP contribution in [0.5, 0.6) is 0 Å². The third-order valence-electron chi connectivity index (χ3n) is 3.50. The second-order valence-corrected chi connectivity index (χ2v) is 6.99. The Bertz CT molecular complexity index is 892. The van der Waals surface area contributed by atoms with Crippen molar-refractivity contribution in [1.82, 2.24) is 5.32 Å². The van der Waals surface area contributed by atoms with Crippen LogP contribution in [0.2, 0.25) is 0 Å². The van der Waals surface area contributed by atoms with Crippen LogP contribution in [0.15, 0.2) is 72.1 Å². The molecule has 0 atom stereocenters. The van der Waals surface area contributed by atoms with Gasteiger partial charge < -0.3 is 15.4 Å². The zero-order valence-corrected chi connectivity index (χ0v) is 16.2. The van der Waals surface area contributed by atoms with Gasteiger partial charge in [0.05, 0.1) is 0 Å². The van der Waals surface area contributed by atoms with Gasteiger partial charge >= 0.3 is 5.97 Å². The number of anilines is 1. The van der Waals surface area contributed by atoms with Gasteiger partial charge in [-0.25, -0.2) is 0 Å².